The van der Waals surface area contributed by atoms with E-state index < -0.39 is 12.1 Å². The molecule has 0 aromatic carbocycles. The lowest BCUT2D eigenvalue weighted by Gasteiger charge is -2.26. The minimum absolute atomic E-state index is 0.135. The largest absolute Gasteiger partial charge is 0.471 e. The van der Waals surface area contributed by atoms with Crippen molar-refractivity contribution in [3.8, 4) is 0 Å². The molecular formula is C11H18F3NO. The van der Waals surface area contributed by atoms with E-state index in [0.717, 1.165) is 19.3 Å². The van der Waals surface area contributed by atoms with Gasteiger partial charge < -0.3 is 5.32 Å². The zero-order valence-corrected chi connectivity index (χ0v) is 9.44. The summed E-state index contributed by atoms with van der Waals surface area (Å²) in [6.45, 7) is 2.30. The first kappa shape index (κ1) is 13.3. The van der Waals surface area contributed by atoms with Gasteiger partial charge in [-0.05, 0) is 24.7 Å². The van der Waals surface area contributed by atoms with Crippen LogP contribution in [0.2, 0.25) is 0 Å². The molecule has 0 aromatic rings. The summed E-state index contributed by atoms with van der Waals surface area (Å²) in [7, 11) is 0. The first-order chi connectivity index (χ1) is 7.39. The average molecular weight is 237 g/mol. The quantitative estimate of drug-likeness (QED) is 0.803. The molecule has 1 amide bonds. The Balaban J connectivity index is 2.18. The minimum atomic E-state index is -4.75. The van der Waals surface area contributed by atoms with E-state index in [-0.39, 0.29) is 6.54 Å². The Morgan fingerprint density at radius 2 is 2.06 bits per heavy atom. The molecule has 5 heteroatoms. The molecule has 0 radical (unpaired) electrons. The van der Waals surface area contributed by atoms with Gasteiger partial charge in [0.2, 0.25) is 0 Å². The van der Waals surface area contributed by atoms with E-state index >= 15 is 0 Å². The molecule has 1 saturated carbocycles. The van der Waals surface area contributed by atoms with Gasteiger partial charge in [0, 0.05) is 6.54 Å². The van der Waals surface area contributed by atoms with Crippen molar-refractivity contribution in [3.63, 3.8) is 0 Å². The van der Waals surface area contributed by atoms with Crippen LogP contribution in [0.1, 0.15) is 39.0 Å². The Hall–Kier alpha value is -0.740. The number of carbonyl (C=O) groups is 1. The van der Waals surface area contributed by atoms with Crippen LogP contribution in [0, 0.1) is 11.8 Å². The Bertz CT molecular complexity index is 240. The number of hydrogen-bond acceptors (Lipinski definition) is 1. The first-order valence-electron chi connectivity index (χ1n) is 5.74. The zero-order chi connectivity index (χ0) is 12.2. The summed E-state index contributed by atoms with van der Waals surface area (Å²) in [6.07, 6.45) is 0.421. The fourth-order valence-corrected chi connectivity index (χ4v) is 2.31. The molecule has 0 heterocycles. The Morgan fingerprint density at radius 3 is 2.62 bits per heavy atom. The zero-order valence-electron chi connectivity index (χ0n) is 9.44. The van der Waals surface area contributed by atoms with Gasteiger partial charge in [0.25, 0.3) is 0 Å². The molecular weight excluding hydrogens is 219 g/mol. The van der Waals surface area contributed by atoms with Crippen LogP contribution < -0.4 is 5.32 Å². The third-order valence-electron chi connectivity index (χ3n) is 3.14. The van der Waals surface area contributed by atoms with Crippen molar-refractivity contribution < 1.29 is 18.0 Å². The molecule has 94 valence electrons. The van der Waals surface area contributed by atoms with Gasteiger partial charge in [0.05, 0.1) is 0 Å². The van der Waals surface area contributed by atoms with Gasteiger partial charge in [0.1, 0.15) is 0 Å². The smallest absolute Gasteiger partial charge is 0.348 e. The highest BCUT2D eigenvalue weighted by Crippen LogP contribution is 2.30. The molecule has 0 spiro atoms. The normalized spacial score (nSPS) is 26.5. The summed E-state index contributed by atoms with van der Waals surface area (Å²) >= 11 is 0. The van der Waals surface area contributed by atoms with Crippen molar-refractivity contribution >= 4 is 5.91 Å². The van der Waals surface area contributed by atoms with Crippen molar-refractivity contribution in [2.75, 3.05) is 6.54 Å². The van der Waals surface area contributed by atoms with Gasteiger partial charge in [0.15, 0.2) is 0 Å². The molecule has 2 nitrogen and oxygen atoms in total. The van der Waals surface area contributed by atoms with E-state index in [0.29, 0.717) is 18.3 Å². The standard InChI is InChI=1S/C11H18F3NO/c1-8-3-2-4-9(7-8)5-6-15-10(16)11(12,13)14/h8-9H,2-7H2,1H3,(H,15,16). The van der Waals surface area contributed by atoms with Crippen LogP contribution in [0.4, 0.5) is 13.2 Å². The monoisotopic (exact) mass is 237 g/mol. The molecule has 2 unspecified atom stereocenters. The lowest BCUT2D eigenvalue weighted by Crippen LogP contribution is -2.37. The molecule has 1 aliphatic carbocycles. The third-order valence-corrected chi connectivity index (χ3v) is 3.14. The predicted molar refractivity (Wildman–Crippen MR) is 54.8 cm³/mol. The summed E-state index contributed by atoms with van der Waals surface area (Å²) in [4.78, 5) is 10.5. The minimum Gasteiger partial charge on any atom is -0.348 e. The SMILES string of the molecule is CC1CCCC(CCNC(=O)C(F)(F)F)C1. The number of alkyl halides is 3. The van der Waals surface area contributed by atoms with E-state index in [1.807, 2.05) is 5.32 Å². The predicted octanol–water partition coefficient (Wildman–Crippen LogP) is 2.88. The number of hydrogen-bond donors (Lipinski definition) is 1. The number of nitrogens with one attached hydrogen (secondary N) is 1. The van der Waals surface area contributed by atoms with Crippen LogP contribution in [-0.4, -0.2) is 18.6 Å². The lowest BCUT2D eigenvalue weighted by molar-refractivity contribution is -0.173. The van der Waals surface area contributed by atoms with E-state index in [1.54, 1.807) is 0 Å². The Morgan fingerprint density at radius 1 is 1.38 bits per heavy atom. The highest BCUT2D eigenvalue weighted by atomic mass is 19.4. The molecule has 0 aromatic heterocycles. The number of halogens is 3. The van der Waals surface area contributed by atoms with Crippen LogP contribution in [0.5, 0.6) is 0 Å². The van der Waals surface area contributed by atoms with Crippen LogP contribution >= 0.6 is 0 Å². The number of amides is 1. The highest BCUT2D eigenvalue weighted by Gasteiger charge is 2.38. The average Bonchev–Trinajstić information content (AvgIpc) is 2.16. The fraction of sp³-hybridized carbons (Fsp3) is 0.909. The van der Waals surface area contributed by atoms with Crippen LogP contribution in [0.3, 0.4) is 0 Å². The van der Waals surface area contributed by atoms with Crippen LogP contribution in [0.15, 0.2) is 0 Å². The summed E-state index contributed by atoms with van der Waals surface area (Å²) in [5.41, 5.74) is 0. The summed E-state index contributed by atoms with van der Waals surface area (Å²) in [5, 5.41) is 1.92. The first-order valence-corrected chi connectivity index (χ1v) is 5.74. The topological polar surface area (TPSA) is 29.1 Å². The molecule has 2 atom stereocenters. The van der Waals surface area contributed by atoms with E-state index in [1.165, 1.54) is 6.42 Å². The maximum absolute atomic E-state index is 11.9. The molecule has 1 N–H and O–H groups in total. The van der Waals surface area contributed by atoms with E-state index in [2.05, 4.69) is 6.92 Å². The van der Waals surface area contributed by atoms with Crippen LogP contribution in [0.25, 0.3) is 0 Å². The summed E-state index contributed by atoms with van der Waals surface area (Å²) in [5.74, 6) is -0.689. The second-order valence-electron chi connectivity index (χ2n) is 4.68. The van der Waals surface area contributed by atoms with Crippen molar-refractivity contribution in [3.05, 3.63) is 0 Å². The second-order valence-corrected chi connectivity index (χ2v) is 4.68. The van der Waals surface area contributed by atoms with E-state index in [9.17, 15) is 18.0 Å². The molecule has 1 fully saturated rings. The van der Waals surface area contributed by atoms with Crippen molar-refractivity contribution in [1.29, 1.82) is 0 Å². The molecule has 0 saturated heterocycles. The van der Waals surface area contributed by atoms with Gasteiger partial charge in [-0.3, -0.25) is 4.79 Å². The Kier molecular flexibility index (Phi) is 4.62. The van der Waals surface area contributed by atoms with Crippen LogP contribution in [-0.2, 0) is 4.79 Å². The number of rotatable bonds is 3. The molecule has 1 rings (SSSR count). The Labute approximate surface area is 93.6 Å². The van der Waals surface area contributed by atoms with Crippen molar-refractivity contribution in [2.45, 2.75) is 45.2 Å². The lowest BCUT2D eigenvalue weighted by atomic mass is 9.81. The maximum atomic E-state index is 11.9. The van der Waals surface area contributed by atoms with Gasteiger partial charge in [-0.15, -0.1) is 0 Å². The summed E-state index contributed by atoms with van der Waals surface area (Å²) < 4.78 is 35.6. The van der Waals surface area contributed by atoms with Gasteiger partial charge in [-0.25, -0.2) is 0 Å². The van der Waals surface area contributed by atoms with Crippen molar-refractivity contribution in [1.82, 2.24) is 5.32 Å². The number of carbonyl (C=O) groups excluding carboxylic acids is 1. The molecule has 1 aliphatic rings. The third kappa shape index (κ3) is 4.41. The molecule has 16 heavy (non-hydrogen) atoms. The molecule has 0 bridgehead atoms. The fourth-order valence-electron chi connectivity index (χ4n) is 2.31. The second kappa shape index (κ2) is 5.55. The maximum Gasteiger partial charge on any atom is 0.471 e. The van der Waals surface area contributed by atoms with Gasteiger partial charge in [-0.2, -0.15) is 13.2 Å². The van der Waals surface area contributed by atoms with E-state index in [4.69, 9.17) is 0 Å². The van der Waals surface area contributed by atoms with Gasteiger partial charge in [-0.1, -0.05) is 26.2 Å². The highest BCUT2D eigenvalue weighted by molar-refractivity contribution is 5.81. The van der Waals surface area contributed by atoms with Crippen molar-refractivity contribution in [2.24, 2.45) is 11.8 Å². The molecule has 0 aliphatic heterocycles. The van der Waals surface area contributed by atoms with Gasteiger partial charge >= 0.3 is 12.1 Å². The summed E-state index contributed by atoms with van der Waals surface area (Å²) in [6, 6.07) is 0.